The number of hydrogen-bond acceptors (Lipinski definition) is 2. The molecule has 1 N–H and O–H groups in total. The average molecular weight is 437 g/mol. The van der Waals surface area contributed by atoms with Gasteiger partial charge in [-0.2, -0.15) is 0 Å². The van der Waals surface area contributed by atoms with Crippen LogP contribution in [0.3, 0.4) is 0 Å². The monoisotopic (exact) mass is 436 g/mol. The third-order valence-electron chi connectivity index (χ3n) is 2.75. The zero-order chi connectivity index (χ0) is 14.0. The normalized spacial score (nSPS) is 12.3. The fourth-order valence-electron chi connectivity index (χ4n) is 1.76. The quantitative estimate of drug-likeness (QED) is 0.727. The topological polar surface area (TPSA) is 29.5 Å². The van der Waals surface area contributed by atoms with Crippen LogP contribution in [0.2, 0.25) is 0 Å². The maximum absolute atomic E-state index is 13.5. The number of benzene rings is 2. The number of rotatable bonds is 3. The SMILES string of the molecule is COc1cc(F)c(Br)cc1C(O)c1ccc(I)cc1. The van der Waals surface area contributed by atoms with E-state index in [-0.39, 0.29) is 0 Å². The van der Waals surface area contributed by atoms with Crippen LogP contribution in [0.4, 0.5) is 4.39 Å². The molecule has 0 spiro atoms. The highest BCUT2D eigenvalue weighted by molar-refractivity contribution is 14.1. The first-order valence-corrected chi connectivity index (χ1v) is 7.36. The standard InChI is InChI=1S/C14H11BrFIO2/c1-19-13-7-12(16)11(15)6-10(13)14(18)8-2-4-9(17)5-3-8/h2-7,14,18H,1H3. The van der Waals surface area contributed by atoms with E-state index in [0.717, 1.165) is 9.13 Å². The van der Waals surface area contributed by atoms with Gasteiger partial charge >= 0.3 is 0 Å². The Balaban J connectivity index is 2.45. The third-order valence-corrected chi connectivity index (χ3v) is 4.08. The fraction of sp³-hybridized carbons (Fsp3) is 0.143. The summed E-state index contributed by atoms with van der Waals surface area (Å²) in [7, 11) is 1.45. The fourth-order valence-corrected chi connectivity index (χ4v) is 2.48. The highest BCUT2D eigenvalue weighted by Gasteiger charge is 2.18. The van der Waals surface area contributed by atoms with Crippen molar-refractivity contribution < 1.29 is 14.2 Å². The predicted octanol–water partition coefficient (Wildman–Crippen LogP) is 4.28. The van der Waals surface area contributed by atoms with Crippen LogP contribution >= 0.6 is 38.5 Å². The summed E-state index contributed by atoms with van der Waals surface area (Å²) in [6, 6.07) is 10.3. The molecule has 0 aliphatic heterocycles. The van der Waals surface area contributed by atoms with Crippen LogP contribution in [-0.2, 0) is 0 Å². The minimum absolute atomic E-state index is 0.299. The molecule has 0 saturated carbocycles. The zero-order valence-electron chi connectivity index (χ0n) is 10.0. The highest BCUT2D eigenvalue weighted by Crippen LogP contribution is 2.34. The lowest BCUT2D eigenvalue weighted by atomic mass is 10.0. The molecule has 0 fully saturated rings. The first-order chi connectivity index (χ1) is 9.02. The maximum Gasteiger partial charge on any atom is 0.141 e. The van der Waals surface area contributed by atoms with E-state index >= 15 is 0 Å². The number of methoxy groups -OCH3 is 1. The van der Waals surface area contributed by atoms with E-state index in [2.05, 4.69) is 38.5 Å². The van der Waals surface area contributed by atoms with Gasteiger partial charge in [-0.3, -0.25) is 0 Å². The highest BCUT2D eigenvalue weighted by atomic mass is 127. The number of hydrogen-bond donors (Lipinski definition) is 1. The largest absolute Gasteiger partial charge is 0.496 e. The van der Waals surface area contributed by atoms with Gasteiger partial charge in [0.25, 0.3) is 0 Å². The molecule has 2 aromatic rings. The molecule has 2 nitrogen and oxygen atoms in total. The molecular weight excluding hydrogens is 426 g/mol. The Morgan fingerprint density at radius 3 is 2.47 bits per heavy atom. The molecule has 100 valence electrons. The first-order valence-electron chi connectivity index (χ1n) is 5.49. The van der Waals surface area contributed by atoms with Crippen molar-refractivity contribution in [3.05, 3.63) is 61.4 Å². The lowest BCUT2D eigenvalue weighted by Crippen LogP contribution is -2.03. The molecule has 0 aromatic heterocycles. The Kier molecular flexibility index (Phi) is 4.81. The van der Waals surface area contributed by atoms with Gasteiger partial charge in [0.15, 0.2) is 0 Å². The summed E-state index contributed by atoms with van der Waals surface area (Å²) < 4.78 is 20.0. The van der Waals surface area contributed by atoms with E-state index < -0.39 is 11.9 Å². The third kappa shape index (κ3) is 3.27. The predicted molar refractivity (Wildman–Crippen MR) is 83.9 cm³/mol. The number of ether oxygens (including phenoxy) is 1. The van der Waals surface area contributed by atoms with E-state index in [1.165, 1.54) is 19.2 Å². The number of aliphatic hydroxyl groups is 1. The second-order valence-corrected chi connectivity index (χ2v) is 6.06. The van der Waals surface area contributed by atoms with Gasteiger partial charge in [-0.15, -0.1) is 0 Å². The molecule has 0 aliphatic rings. The number of aliphatic hydroxyl groups excluding tert-OH is 1. The summed E-state index contributed by atoms with van der Waals surface area (Å²) in [5.74, 6) is -0.0952. The van der Waals surface area contributed by atoms with Gasteiger partial charge in [0, 0.05) is 15.2 Å². The maximum atomic E-state index is 13.5. The second-order valence-electron chi connectivity index (χ2n) is 3.96. The zero-order valence-corrected chi connectivity index (χ0v) is 13.8. The molecule has 0 amide bonds. The van der Waals surface area contributed by atoms with E-state index in [1.807, 2.05) is 24.3 Å². The van der Waals surface area contributed by atoms with Crippen molar-refractivity contribution >= 4 is 38.5 Å². The summed E-state index contributed by atoms with van der Waals surface area (Å²) in [5.41, 5.74) is 1.26. The van der Waals surface area contributed by atoms with Crippen molar-refractivity contribution in [1.82, 2.24) is 0 Å². The Hall–Kier alpha value is -0.660. The summed E-state index contributed by atoms with van der Waals surface area (Å²) >= 11 is 5.31. The summed E-state index contributed by atoms with van der Waals surface area (Å²) in [6.45, 7) is 0. The van der Waals surface area contributed by atoms with Crippen LogP contribution in [0.15, 0.2) is 40.9 Å². The molecule has 0 radical (unpaired) electrons. The van der Waals surface area contributed by atoms with Crippen LogP contribution in [0.25, 0.3) is 0 Å². The van der Waals surface area contributed by atoms with Gasteiger partial charge < -0.3 is 9.84 Å². The number of halogens is 3. The lowest BCUT2D eigenvalue weighted by molar-refractivity contribution is 0.214. The van der Waals surface area contributed by atoms with Gasteiger partial charge in [0.1, 0.15) is 17.7 Å². The van der Waals surface area contributed by atoms with Gasteiger partial charge in [-0.05, 0) is 62.3 Å². The van der Waals surface area contributed by atoms with Gasteiger partial charge in [-0.1, -0.05) is 12.1 Å². The van der Waals surface area contributed by atoms with Gasteiger partial charge in [0.2, 0.25) is 0 Å². The molecule has 1 atom stereocenters. The molecule has 0 heterocycles. The smallest absolute Gasteiger partial charge is 0.141 e. The first kappa shape index (κ1) is 14.7. The van der Waals surface area contributed by atoms with Crippen LogP contribution in [0.1, 0.15) is 17.2 Å². The van der Waals surface area contributed by atoms with Crippen LogP contribution in [0, 0.1) is 9.39 Å². The van der Waals surface area contributed by atoms with Gasteiger partial charge in [-0.25, -0.2) is 4.39 Å². The molecule has 5 heteroatoms. The van der Waals surface area contributed by atoms with Crippen molar-refractivity contribution in [2.45, 2.75) is 6.10 Å². The molecular formula is C14H11BrFIO2. The molecule has 0 aliphatic carbocycles. The molecule has 0 saturated heterocycles. The molecule has 19 heavy (non-hydrogen) atoms. The molecule has 1 unspecified atom stereocenters. The van der Waals surface area contributed by atoms with Crippen LogP contribution in [0.5, 0.6) is 5.75 Å². The lowest BCUT2D eigenvalue weighted by Gasteiger charge is -2.16. The van der Waals surface area contributed by atoms with Crippen LogP contribution in [-0.4, -0.2) is 12.2 Å². The molecule has 2 rings (SSSR count). The van der Waals surface area contributed by atoms with Crippen LogP contribution < -0.4 is 4.74 Å². The Morgan fingerprint density at radius 1 is 1.26 bits per heavy atom. The summed E-state index contributed by atoms with van der Waals surface area (Å²) in [5, 5.41) is 10.4. The van der Waals surface area contributed by atoms with Crippen molar-refractivity contribution in [2.75, 3.05) is 7.11 Å². The Bertz CT molecular complexity index is 587. The van der Waals surface area contributed by atoms with E-state index in [9.17, 15) is 9.50 Å². The van der Waals surface area contributed by atoms with E-state index in [0.29, 0.717) is 15.8 Å². The Morgan fingerprint density at radius 2 is 1.89 bits per heavy atom. The second kappa shape index (κ2) is 6.19. The molecule has 0 bridgehead atoms. The van der Waals surface area contributed by atoms with Crippen molar-refractivity contribution in [2.24, 2.45) is 0 Å². The van der Waals surface area contributed by atoms with Crippen molar-refractivity contribution in [3.63, 3.8) is 0 Å². The summed E-state index contributed by atoms with van der Waals surface area (Å²) in [4.78, 5) is 0. The van der Waals surface area contributed by atoms with Crippen molar-refractivity contribution in [3.8, 4) is 5.75 Å². The van der Waals surface area contributed by atoms with Crippen molar-refractivity contribution in [1.29, 1.82) is 0 Å². The van der Waals surface area contributed by atoms with E-state index in [1.54, 1.807) is 0 Å². The minimum Gasteiger partial charge on any atom is -0.496 e. The molecule has 2 aromatic carbocycles. The minimum atomic E-state index is -0.858. The van der Waals surface area contributed by atoms with E-state index in [4.69, 9.17) is 4.74 Å². The summed E-state index contributed by atoms with van der Waals surface area (Å²) in [6.07, 6.45) is -0.858. The van der Waals surface area contributed by atoms with Gasteiger partial charge in [0.05, 0.1) is 11.6 Å². The average Bonchev–Trinajstić information content (AvgIpc) is 2.41. The Labute approximate surface area is 132 Å².